The standard InChI is InChI=1S/C20H23N5O4/c1-2-29-16(26)14-24-10-12-25(13-11-24)20(28)17-18(22-9-8-21-17)23-19(27)15-6-4-3-5-7-15/h3-9H,2,10-14H2,1H3,(H,22,23,27). The minimum atomic E-state index is -0.362. The smallest absolute Gasteiger partial charge is 0.320 e. The Morgan fingerprint density at radius 2 is 1.72 bits per heavy atom. The first kappa shape index (κ1) is 20.4. The van der Waals surface area contributed by atoms with E-state index in [1.165, 1.54) is 12.4 Å². The lowest BCUT2D eigenvalue weighted by atomic mass is 10.2. The van der Waals surface area contributed by atoms with Crippen molar-refractivity contribution in [3.63, 3.8) is 0 Å². The minimum absolute atomic E-state index is 0.0932. The lowest BCUT2D eigenvalue weighted by Crippen LogP contribution is -2.50. The van der Waals surface area contributed by atoms with Gasteiger partial charge in [0, 0.05) is 44.1 Å². The van der Waals surface area contributed by atoms with Crippen molar-refractivity contribution in [2.75, 3.05) is 44.6 Å². The maximum absolute atomic E-state index is 12.9. The highest BCUT2D eigenvalue weighted by atomic mass is 16.5. The number of benzene rings is 1. The topological polar surface area (TPSA) is 105 Å². The van der Waals surface area contributed by atoms with Gasteiger partial charge < -0.3 is 15.0 Å². The molecule has 0 bridgehead atoms. The number of esters is 1. The number of hydrogen-bond donors (Lipinski definition) is 1. The first-order valence-electron chi connectivity index (χ1n) is 9.43. The number of carbonyl (C=O) groups is 3. The fourth-order valence-electron chi connectivity index (χ4n) is 3.00. The zero-order chi connectivity index (χ0) is 20.6. The molecule has 152 valence electrons. The molecule has 0 spiro atoms. The Balaban J connectivity index is 1.63. The summed E-state index contributed by atoms with van der Waals surface area (Å²) in [5, 5.41) is 2.66. The Bertz CT molecular complexity index is 866. The number of hydrogen-bond acceptors (Lipinski definition) is 7. The summed E-state index contributed by atoms with van der Waals surface area (Å²) < 4.78 is 4.96. The molecule has 1 aliphatic heterocycles. The molecule has 0 atom stereocenters. The highest BCUT2D eigenvalue weighted by Gasteiger charge is 2.27. The van der Waals surface area contributed by atoms with Crippen molar-refractivity contribution in [2.45, 2.75) is 6.92 Å². The number of rotatable bonds is 6. The van der Waals surface area contributed by atoms with Crippen molar-refractivity contribution >= 4 is 23.6 Å². The molecule has 0 aliphatic carbocycles. The van der Waals surface area contributed by atoms with Crippen LogP contribution in [0.4, 0.5) is 5.82 Å². The molecule has 9 heteroatoms. The maximum atomic E-state index is 12.9. The van der Waals surface area contributed by atoms with E-state index in [1.54, 1.807) is 36.1 Å². The van der Waals surface area contributed by atoms with Crippen LogP contribution in [-0.2, 0) is 9.53 Å². The molecule has 0 radical (unpaired) electrons. The molecule has 2 aromatic rings. The van der Waals surface area contributed by atoms with E-state index in [4.69, 9.17) is 4.74 Å². The fourth-order valence-corrected chi connectivity index (χ4v) is 3.00. The van der Waals surface area contributed by atoms with Gasteiger partial charge >= 0.3 is 5.97 Å². The number of aromatic nitrogens is 2. The van der Waals surface area contributed by atoms with Crippen molar-refractivity contribution in [3.8, 4) is 0 Å². The number of amides is 2. The number of carbonyl (C=O) groups excluding carboxylic acids is 3. The molecule has 1 fully saturated rings. The second kappa shape index (κ2) is 9.74. The Kier molecular flexibility index (Phi) is 6.85. The van der Waals surface area contributed by atoms with E-state index in [2.05, 4.69) is 15.3 Å². The molecular weight excluding hydrogens is 374 g/mol. The SMILES string of the molecule is CCOC(=O)CN1CCN(C(=O)c2nccnc2NC(=O)c2ccccc2)CC1. The molecule has 2 amide bonds. The van der Waals surface area contributed by atoms with Gasteiger partial charge in [-0.2, -0.15) is 0 Å². The maximum Gasteiger partial charge on any atom is 0.320 e. The van der Waals surface area contributed by atoms with Crippen LogP contribution in [0.15, 0.2) is 42.7 Å². The van der Waals surface area contributed by atoms with E-state index in [0.717, 1.165) is 0 Å². The third-order valence-electron chi connectivity index (χ3n) is 4.49. The van der Waals surface area contributed by atoms with Gasteiger partial charge in [0.25, 0.3) is 11.8 Å². The number of piperazine rings is 1. The van der Waals surface area contributed by atoms with Crippen LogP contribution in [0, 0.1) is 0 Å². The van der Waals surface area contributed by atoms with Gasteiger partial charge in [-0.05, 0) is 19.1 Å². The zero-order valence-electron chi connectivity index (χ0n) is 16.2. The summed E-state index contributed by atoms with van der Waals surface area (Å²) in [4.78, 5) is 48.8. The number of anilines is 1. The van der Waals surface area contributed by atoms with Crippen molar-refractivity contribution in [1.29, 1.82) is 0 Å². The van der Waals surface area contributed by atoms with Crippen LogP contribution in [0.5, 0.6) is 0 Å². The van der Waals surface area contributed by atoms with Gasteiger partial charge in [0.15, 0.2) is 11.5 Å². The molecule has 0 saturated carbocycles. The van der Waals surface area contributed by atoms with Crippen LogP contribution in [0.1, 0.15) is 27.8 Å². The van der Waals surface area contributed by atoms with Gasteiger partial charge in [0.05, 0.1) is 13.2 Å². The van der Waals surface area contributed by atoms with Crippen LogP contribution < -0.4 is 5.32 Å². The quantitative estimate of drug-likeness (QED) is 0.727. The molecule has 1 aromatic heterocycles. The average Bonchev–Trinajstić information content (AvgIpc) is 2.75. The van der Waals surface area contributed by atoms with Crippen molar-refractivity contribution in [1.82, 2.24) is 19.8 Å². The van der Waals surface area contributed by atoms with E-state index >= 15 is 0 Å². The largest absolute Gasteiger partial charge is 0.465 e. The van der Waals surface area contributed by atoms with Gasteiger partial charge in [-0.1, -0.05) is 18.2 Å². The lowest BCUT2D eigenvalue weighted by molar-refractivity contribution is -0.144. The van der Waals surface area contributed by atoms with Crippen LogP contribution in [0.3, 0.4) is 0 Å². The first-order valence-corrected chi connectivity index (χ1v) is 9.43. The highest BCUT2D eigenvalue weighted by molar-refractivity contribution is 6.07. The van der Waals surface area contributed by atoms with Gasteiger partial charge in [-0.15, -0.1) is 0 Å². The summed E-state index contributed by atoms with van der Waals surface area (Å²) in [6, 6.07) is 8.68. The summed E-state index contributed by atoms with van der Waals surface area (Å²) >= 11 is 0. The molecule has 0 unspecified atom stereocenters. The molecular formula is C20H23N5O4. The predicted molar refractivity (Wildman–Crippen MR) is 105 cm³/mol. The van der Waals surface area contributed by atoms with Crippen molar-refractivity contribution in [3.05, 3.63) is 54.0 Å². The second-order valence-electron chi connectivity index (χ2n) is 6.45. The molecule has 1 aliphatic rings. The third-order valence-corrected chi connectivity index (χ3v) is 4.49. The molecule has 9 nitrogen and oxygen atoms in total. The van der Waals surface area contributed by atoms with E-state index < -0.39 is 0 Å². The van der Waals surface area contributed by atoms with E-state index in [1.807, 2.05) is 11.0 Å². The molecule has 1 aromatic carbocycles. The summed E-state index contributed by atoms with van der Waals surface area (Å²) in [5.41, 5.74) is 0.555. The zero-order valence-corrected chi connectivity index (χ0v) is 16.2. The van der Waals surface area contributed by atoms with Crippen LogP contribution in [-0.4, -0.2) is 76.9 Å². The summed E-state index contributed by atoms with van der Waals surface area (Å²) in [6.45, 7) is 4.32. The van der Waals surface area contributed by atoms with Crippen LogP contribution in [0.2, 0.25) is 0 Å². The fraction of sp³-hybridized carbons (Fsp3) is 0.350. The monoisotopic (exact) mass is 397 g/mol. The summed E-state index contributed by atoms with van der Waals surface area (Å²) in [6.07, 6.45) is 2.84. The molecule has 3 rings (SSSR count). The Morgan fingerprint density at radius 1 is 1.03 bits per heavy atom. The third kappa shape index (κ3) is 5.35. The summed E-state index contributed by atoms with van der Waals surface area (Å²) in [5.74, 6) is -0.816. The van der Waals surface area contributed by atoms with Gasteiger partial charge in [-0.3, -0.25) is 19.3 Å². The number of nitrogens with one attached hydrogen (secondary N) is 1. The minimum Gasteiger partial charge on any atom is -0.465 e. The predicted octanol–water partition coefficient (Wildman–Crippen LogP) is 1.05. The highest BCUT2D eigenvalue weighted by Crippen LogP contribution is 2.15. The molecule has 29 heavy (non-hydrogen) atoms. The first-order chi connectivity index (χ1) is 14.1. The molecule has 2 heterocycles. The Morgan fingerprint density at radius 3 is 2.41 bits per heavy atom. The Labute approximate surface area is 168 Å². The van der Waals surface area contributed by atoms with E-state index in [-0.39, 0.29) is 35.8 Å². The van der Waals surface area contributed by atoms with Gasteiger partial charge in [0.2, 0.25) is 0 Å². The van der Waals surface area contributed by atoms with E-state index in [9.17, 15) is 14.4 Å². The second-order valence-corrected chi connectivity index (χ2v) is 6.45. The number of ether oxygens (including phenoxy) is 1. The number of nitrogens with zero attached hydrogens (tertiary/aromatic N) is 4. The van der Waals surface area contributed by atoms with Crippen LogP contribution in [0.25, 0.3) is 0 Å². The van der Waals surface area contributed by atoms with Crippen molar-refractivity contribution in [2.24, 2.45) is 0 Å². The average molecular weight is 397 g/mol. The normalized spacial score (nSPS) is 14.3. The van der Waals surface area contributed by atoms with Gasteiger partial charge in [0.1, 0.15) is 0 Å². The Hall–Kier alpha value is -3.33. The summed E-state index contributed by atoms with van der Waals surface area (Å²) in [7, 11) is 0. The molecule has 1 N–H and O–H groups in total. The van der Waals surface area contributed by atoms with Gasteiger partial charge in [-0.25, -0.2) is 9.97 Å². The van der Waals surface area contributed by atoms with E-state index in [0.29, 0.717) is 38.3 Å². The van der Waals surface area contributed by atoms with Crippen molar-refractivity contribution < 1.29 is 19.1 Å². The molecule has 1 saturated heterocycles. The van der Waals surface area contributed by atoms with Crippen LogP contribution >= 0.6 is 0 Å². The lowest BCUT2D eigenvalue weighted by Gasteiger charge is -2.34.